The smallest absolute Gasteiger partial charge is 0.291 e. The van der Waals surface area contributed by atoms with Crippen molar-refractivity contribution >= 4 is 22.4 Å². The number of rotatable bonds is 7. The molecule has 9 heteroatoms. The van der Waals surface area contributed by atoms with Crippen LogP contribution in [-0.2, 0) is 0 Å². The maximum absolute atomic E-state index is 13.3. The van der Waals surface area contributed by atoms with Gasteiger partial charge < -0.3 is 4.74 Å². The Hall–Kier alpha value is -4.63. The van der Waals surface area contributed by atoms with E-state index in [-0.39, 0.29) is 5.56 Å². The molecule has 38 heavy (non-hydrogen) atoms. The summed E-state index contributed by atoms with van der Waals surface area (Å²) < 4.78 is 9.56. The highest BCUT2D eigenvalue weighted by Gasteiger charge is 2.15. The summed E-state index contributed by atoms with van der Waals surface area (Å²) in [5, 5.41) is 9.32. The highest BCUT2D eigenvalue weighted by atomic mass is 32.1. The van der Waals surface area contributed by atoms with Crippen molar-refractivity contribution in [3.63, 3.8) is 0 Å². The molecule has 0 aliphatic heterocycles. The Morgan fingerprint density at radius 3 is 2.42 bits per heavy atom. The van der Waals surface area contributed by atoms with E-state index in [9.17, 15) is 4.79 Å². The van der Waals surface area contributed by atoms with Crippen molar-refractivity contribution in [2.45, 2.75) is 13.8 Å². The number of fused-ring (bicyclic) bond motifs is 1. The first-order valence-corrected chi connectivity index (χ1v) is 13.1. The third kappa shape index (κ3) is 4.71. The van der Waals surface area contributed by atoms with Crippen molar-refractivity contribution in [2.24, 2.45) is 5.92 Å². The Morgan fingerprint density at radius 2 is 1.71 bits per heavy atom. The molecule has 0 radical (unpaired) electrons. The van der Waals surface area contributed by atoms with Crippen molar-refractivity contribution in [2.75, 3.05) is 6.61 Å². The zero-order valence-corrected chi connectivity index (χ0v) is 21.7. The number of thiazole rings is 1. The van der Waals surface area contributed by atoms with Crippen LogP contribution in [0.3, 0.4) is 0 Å². The number of aromatic nitrogens is 6. The van der Waals surface area contributed by atoms with E-state index in [0.717, 1.165) is 33.8 Å². The molecular formula is C29H24N6O2S. The van der Waals surface area contributed by atoms with Crippen molar-refractivity contribution in [3.8, 4) is 34.1 Å². The van der Waals surface area contributed by atoms with Gasteiger partial charge in [-0.3, -0.25) is 9.78 Å². The molecule has 0 unspecified atom stereocenters. The molecule has 0 saturated heterocycles. The van der Waals surface area contributed by atoms with Crippen molar-refractivity contribution in [3.05, 3.63) is 106 Å². The van der Waals surface area contributed by atoms with Crippen LogP contribution >= 0.6 is 11.3 Å². The first kappa shape index (κ1) is 23.7. The molecule has 6 rings (SSSR count). The second-order valence-corrected chi connectivity index (χ2v) is 10.2. The van der Waals surface area contributed by atoms with Crippen molar-refractivity contribution in [1.82, 2.24) is 29.4 Å². The van der Waals surface area contributed by atoms with Crippen LogP contribution < -0.4 is 14.8 Å². The van der Waals surface area contributed by atoms with Gasteiger partial charge in [-0.1, -0.05) is 43.4 Å². The molecule has 4 aromatic heterocycles. The van der Waals surface area contributed by atoms with Crippen LogP contribution in [0.2, 0.25) is 0 Å². The summed E-state index contributed by atoms with van der Waals surface area (Å²) in [5.41, 5.74) is 4.04. The van der Waals surface area contributed by atoms with Gasteiger partial charge in [0.2, 0.25) is 4.96 Å². The Labute approximate surface area is 222 Å². The second kappa shape index (κ2) is 10.0. The van der Waals surface area contributed by atoms with E-state index in [1.54, 1.807) is 12.4 Å². The number of hydrogen-bond acceptors (Lipinski definition) is 7. The van der Waals surface area contributed by atoms with Gasteiger partial charge in [0.1, 0.15) is 11.4 Å². The van der Waals surface area contributed by atoms with Crippen LogP contribution in [0, 0.1) is 5.92 Å². The number of benzene rings is 2. The van der Waals surface area contributed by atoms with E-state index < -0.39 is 0 Å². The predicted octanol–water partition coefficient (Wildman–Crippen LogP) is 4.65. The monoisotopic (exact) mass is 520 g/mol. The molecule has 0 bridgehead atoms. The van der Waals surface area contributed by atoms with E-state index in [4.69, 9.17) is 9.84 Å². The fourth-order valence-corrected chi connectivity index (χ4v) is 4.90. The first-order chi connectivity index (χ1) is 18.5. The van der Waals surface area contributed by atoms with Crippen molar-refractivity contribution < 1.29 is 4.74 Å². The molecule has 6 aromatic rings. The van der Waals surface area contributed by atoms with Gasteiger partial charge in [0.15, 0.2) is 5.82 Å². The molecule has 4 heterocycles. The molecule has 2 aromatic carbocycles. The average Bonchev–Trinajstić information content (AvgIpc) is 3.64. The average molecular weight is 521 g/mol. The molecule has 0 atom stereocenters. The second-order valence-electron chi connectivity index (χ2n) is 9.22. The Morgan fingerprint density at radius 1 is 0.947 bits per heavy atom. The third-order valence-corrected chi connectivity index (χ3v) is 6.84. The number of hydrogen-bond donors (Lipinski definition) is 0. The third-order valence-electron chi connectivity index (χ3n) is 5.88. The molecule has 8 nitrogen and oxygen atoms in total. The number of ether oxygens (including phenoxy) is 1. The van der Waals surface area contributed by atoms with E-state index in [1.165, 1.54) is 15.9 Å². The quantitative estimate of drug-likeness (QED) is 0.305. The van der Waals surface area contributed by atoms with Gasteiger partial charge in [0.25, 0.3) is 5.56 Å². The maximum atomic E-state index is 13.3. The molecule has 0 saturated carbocycles. The molecule has 0 amide bonds. The van der Waals surface area contributed by atoms with Gasteiger partial charge in [0.05, 0.1) is 16.8 Å². The van der Waals surface area contributed by atoms with E-state index >= 15 is 0 Å². The summed E-state index contributed by atoms with van der Waals surface area (Å²) in [6.45, 7) is 4.90. The summed E-state index contributed by atoms with van der Waals surface area (Å²) in [7, 11) is 0. The van der Waals surface area contributed by atoms with E-state index in [0.29, 0.717) is 27.8 Å². The van der Waals surface area contributed by atoms with Crippen molar-refractivity contribution in [1.29, 1.82) is 0 Å². The fourth-order valence-electron chi connectivity index (χ4n) is 4.00. The van der Waals surface area contributed by atoms with Gasteiger partial charge in [-0.05, 0) is 60.5 Å². The summed E-state index contributed by atoms with van der Waals surface area (Å²) in [4.78, 5) is 22.4. The lowest BCUT2D eigenvalue weighted by Gasteiger charge is -2.09. The van der Waals surface area contributed by atoms with Crippen LogP contribution in [0.5, 0.6) is 5.75 Å². The molecule has 188 valence electrons. The standard InChI is InChI=1S/C29H24N6O2S/c1-19(2)18-37-24-10-8-20(9-11-24)26-22(17-34(32-26)23-6-4-3-5-7-23)16-25-28(36)35-29(38-25)31-27(33-35)21-12-14-30-15-13-21/h3-17,19H,18H2,1-2H3. The largest absolute Gasteiger partial charge is 0.493 e. The zero-order chi connectivity index (χ0) is 26.1. The maximum Gasteiger partial charge on any atom is 0.291 e. The normalized spacial score (nSPS) is 12.0. The minimum Gasteiger partial charge on any atom is -0.493 e. The number of pyridine rings is 1. The Kier molecular flexibility index (Phi) is 6.27. The molecule has 0 fully saturated rings. The zero-order valence-electron chi connectivity index (χ0n) is 20.9. The predicted molar refractivity (Wildman–Crippen MR) is 148 cm³/mol. The summed E-state index contributed by atoms with van der Waals surface area (Å²) in [6.07, 6.45) is 7.15. The fraction of sp³-hybridized carbons (Fsp3) is 0.138. The lowest BCUT2D eigenvalue weighted by molar-refractivity contribution is 0.271. The molecular weight excluding hydrogens is 496 g/mol. The number of nitrogens with zero attached hydrogens (tertiary/aromatic N) is 6. The molecule has 0 spiro atoms. The number of para-hydroxylation sites is 1. The van der Waals surface area contributed by atoms with Gasteiger partial charge in [-0.15, -0.1) is 5.10 Å². The van der Waals surface area contributed by atoms with E-state index in [2.05, 4.69) is 28.9 Å². The SMILES string of the molecule is CC(C)COc1ccc(-c2nn(-c3ccccc3)cc2C=c2sc3nc(-c4ccncc4)nn3c2=O)cc1. The first-order valence-electron chi connectivity index (χ1n) is 12.3. The van der Waals surface area contributed by atoms with Crippen LogP contribution in [0.15, 0.2) is 90.1 Å². The van der Waals surface area contributed by atoms with Crippen LogP contribution in [-0.4, -0.2) is 36.0 Å². The minimum atomic E-state index is -0.214. The lowest BCUT2D eigenvalue weighted by atomic mass is 10.1. The molecule has 0 N–H and O–H groups in total. The van der Waals surface area contributed by atoms with Gasteiger partial charge in [-0.2, -0.15) is 14.6 Å². The topological polar surface area (TPSA) is 87.2 Å². The van der Waals surface area contributed by atoms with Gasteiger partial charge in [-0.25, -0.2) is 4.68 Å². The van der Waals surface area contributed by atoms with Crippen LogP contribution in [0.25, 0.3) is 39.4 Å². The Balaban J connectivity index is 1.42. The summed E-state index contributed by atoms with van der Waals surface area (Å²) >= 11 is 1.30. The van der Waals surface area contributed by atoms with Gasteiger partial charge in [0, 0.05) is 35.3 Å². The van der Waals surface area contributed by atoms with E-state index in [1.807, 2.05) is 83.7 Å². The van der Waals surface area contributed by atoms with Crippen LogP contribution in [0.1, 0.15) is 19.4 Å². The Bertz CT molecular complexity index is 1810. The van der Waals surface area contributed by atoms with Gasteiger partial charge >= 0.3 is 0 Å². The summed E-state index contributed by atoms with van der Waals surface area (Å²) in [5.74, 6) is 1.76. The van der Waals surface area contributed by atoms with Crippen LogP contribution in [0.4, 0.5) is 0 Å². The molecule has 0 aliphatic rings. The summed E-state index contributed by atoms with van der Waals surface area (Å²) in [6, 6.07) is 21.4. The highest BCUT2D eigenvalue weighted by molar-refractivity contribution is 7.15. The minimum absolute atomic E-state index is 0.214. The highest BCUT2D eigenvalue weighted by Crippen LogP contribution is 2.27. The lowest BCUT2D eigenvalue weighted by Crippen LogP contribution is -2.23. The molecule has 0 aliphatic carbocycles.